The number of benzene rings is 2. The van der Waals surface area contributed by atoms with E-state index in [0.717, 1.165) is 11.1 Å². The van der Waals surface area contributed by atoms with Crippen molar-refractivity contribution in [1.29, 1.82) is 0 Å². The molecule has 0 radical (unpaired) electrons. The van der Waals surface area contributed by atoms with Crippen LogP contribution in [0.4, 0.5) is 5.69 Å². The lowest BCUT2D eigenvalue weighted by atomic mass is 9.81. The largest absolute Gasteiger partial charge is 0.419 e. The fourth-order valence-electron chi connectivity index (χ4n) is 2.90. The van der Waals surface area contributed by atoms with Crippen LogP contribution in [-0.2, 0) is 17.3 Å². The molecule has 0 saturated carbocycles. The van der Waals surface area contributed by atoms with Crippen molar-refractivity contribution in [3.05, 3.63) is 64.1 Å². The number of nitrogens with zero attached hydrogens (tertiary/aromatic N) is 1. The minimum Gasteiger partial charge on any atom is -0.408 e. The van der Waals surface area contributed by atoms with Crippen LogP contribution in [0.5, 0.6) is 0 Å². The molecule has 1 N–H and O–H groups in total. The predicted octanol–water partition coefficient (Wildman–Crippen LogP) is 3.36. The first kappa shape index (κ1) is 16.1. The van der Waals surface area contributed by atoms with Gasteiger partial charge in [0, 0.05) is 18.8 Å². The lowest BCUT2D eigenvalue weighted by Crippen LogP contribution is -2.35. The number of fused-ring (bicyclic) bond motifs is 1. The summed E-state index contributed by atoms with van der Waals surface area (Å²) in [5.41, 5.74) is 3.11. The molecule has 1 heterocycles. The molecular weight excluding hydrogens is 304 g/mol. The number of hydrogen-bond acceptors (Lipinski definition) is 3. The number of rotatable bonds is 3. The van der Waals surface area contributed by atoms with Crippen molar-refractivity contribution >= 4 is 22.7 Å². The molecule has 1 aromatic heterocycles. The van der Waals surface area contributed by atoms with E-state index in [1.165, 1.54) is 4.57 Å². The molecule has 0 atom stereocenters. The summed E-state index contributed by atoms with van der Waals surface area (Å²) in [6, 6.07) is 13.0. The first-order valence-corrected chi connectivity index (χ1v) is 7.78. The van der Waals surface area contributed by atoms with Crippen molar-refractivity contribution in [2.75, 3.05) is 5.32 Å². The van der Waals surface area contributed by atoms with Gasteiger partial charge < -0.3 is 9.73 Å². The maximum absolute atomic E-state index is 12.8. The quantitative estimate of drug-likeness (QED) is 0.803. The number of amides is 1. The second-order valence-electron chi connectivity index (χ2n) is 6.50. The number of carbonyl (C=O) groups excluding carboxylic acids is 1. The molecule has 5 heteroatoms. The monoisotopic (exact) mass is 324 g/mol. The Hall–Kier alpha value is -2.82. The van der Waals surface area contributed by atoms with Gasteiger partial charge >= 0.3 is 5.76 Å². The van der Waals surface area contributed by atoms with Gasteiger partial charge in [-0.25, -0.2) is 4.79 Å². The van der Waals surface area contributed by atoms with Gasteiger partial charge in [0.2, 0.25) is 5.91 Å². The third-order valence-corrected chi connectivity index (χ3v) is 4.44. The van der Waals surface area contributed by atoms with E-state index >= 15 is 0 Å². The van der Waals surface area contributed by atoms with Gasteiger partial charge in [0.1, 0.15) is 0 Å². The molecule has 0 saturated heterocycles. The predicted molar refractivity (Wildman–Crippen MR) is 94.3 cm³/mol. The van der Waals surface area contributed by atoms with Crippen LogP contribution in [-0.4, -0.2) is 10.5 Å². The van der Waals surface area contributed by atoms with Gasteiger partial charge in [0.15, 0.2) is 5.58 Å². The number of nitrogens with one attached hydrogen (secondary N) is 1. The molecule has 3 aromatic rings. The number of anilines is 1. The minimum absolute atomic E-state index is 0.116. The van der Waals surface area contributed by atoms with Crippen LogP contribution in [0.3, 0.4) is 0 Å². The van der Waals surface area contributed by atoms with Gasteiger partial charge in [-0.1, -0.05) is 24.3 Å². The van der Waals surface area contributed by atoms with Crippen LogP contribution < -0.4 is 11.1 Å². The lowest BCUT2D eigenvalue weighted by Gasteiger charge is -2.26. The van der Waals surface area contributed by atoms with Crippen molar-refractivity contribution in [3.63, 3.8) is 0 Å². The molecule has 0 spiro atoms. The molecule has 0 aliphatic heterocycles. The lowest BCUT2D eigenvalue weighted by molar-refractivity contribution is -0.120. The Kier molecular flexibility index (Phi) is 3.79. The fraction of sp³-hybridized carbons (Fsp3) is 0.263. The Morgan fingerprint density at radius 3 is 2.58 bits per heavy atom. The zero-order valence-electron chi connectivity index (χ0n) is 14.2. The van der Waals surface area contributed by atoms with Gasteiger partial charge in [0.05, 0.1) is 10.9 Å². The van der Waals surface area contributed by atoms with Crippen LogP contribution in [0.2, 0.25) is 0 Å². The maximum Gasteiger partial charge on any atom is 0.419 e. The summed E-state index contributed by atoms with van der Waals surface area (Å²) in [6.07, 6.45) is 0. The van der Waals surface area contributed by atoms with E-state index in [1.54, 1.807) is 25.2 Å². The Balaban J connectivity index is 1.91. The van der Waals surface area contributed by atoms with E-state index in [1.807, 2.05) is 45.0 Å². The van der Waals surface area contributed by atoms with E-state index in [2.05, 4.69) is 5.32 Å². The summed E-state index contributed by atoms with van der Waals surface area (Å²) in [7, 11) is 1.65. The van der Waals surface area contributed by atoms with Crippen molar-refractivity contribution in [3.8, 4) is 0 Å². The number of oxazole rings is 1. The van der Waals surface area contributed by atoms with Gasteiger partial charge in [0.25, 0.3) is 0 Å². The Morgan fingerprint density at radius 2 is 1.88 bits per heavy atom. The molecule has 0 aliphatic rings. The van der Waals surface area contributed by atoms with Crippen molar-refractivity contribution in [2.45, 2.75) is 26.2 Å². The van der Waals surface area contributed by atoms with Crippen LogP contribution in [0.25, 0.3) is 11.1 Å². The molecule has 124 valence electrons. The van der Waals surface area contributed by atoms with Crippen molar-refractivity contribution in [2.24, 2.45) is 7.05 Å². The molecule has 1 amide bonds. The first-order chi connectivity index (χ1) is 11.3. The molecule has 0 bridgehead atoms. The Morgan fingerprint density at radius 1 is 1.17 bits per heavy atom. The van der Waals surface area contributed by atoms with Crippen LogP contribution in [0.15, 0.2) is 51.7 Å². The molecule has 5 nitrogen and oxygen atoms in total. The average molecular weight is 324 g/mol. The summed E-state index contributed by atoms with van der Waals surface area (Å²) in [6.45, 7) is 5.78. The normalized spacial score (nSPS) is 11.7. The third kappa shape index (κ3) is 2.62. The highest BCUT2D eigenvalue weighted by Gasteiger charge is 2.31. The van der Waals surface area contributed by atoms with Gasteiger partial charge in [-0.05, 0) is 44.0 Å². The standard InChI is InChI=1S/C19H20N2O3/c1-12-7-5-6-8-14(12)19(2,3)17(22)20-13-9-10-15-16(11-13)24-18(23)21(15)4/h5-11H,1-4H3,(H,20,22). The van der Waals surface area contributed by atoms with E-state index in [-0.39, 0.29) is 5.91 Å². The van der Waals surface area contributed by atoms with Crippen molar-refractivity contribution in [1.82, 2.24) is 4.57 Å². The summed E-state index contributed by atoms with van der Waals surface area (Å²) < 4.78 is 6.60. The highest BCUT2D eigenvalue weighted by atomic mass is 16.4. The van der Waals surface area contributed by atoms with Crippen LogP contribution in [0.1, 0.15) is 25.0 Å². The molecule has 3 rings (SSSR count). The molecule has 0 unspecified atom stereocenters. The first-order valence-electron chi connectivity index (χ1n) is 7.78. The van der Waals surface area contributed by atoms with Crippen LogP contribution in [0, 0.1) is 6.92 Å². The Labute approximate surface area is 139 Å². The van der Waals surface area contributed by atoms with E-state index < -0.39 is 11.2 Å². The molecule has 2 aromatic carbocycles. The van der Waals surface area contributed by atoms with E-state index in [0.29, 0.717) is 16.8 Å². The molecule has 24 heavy (non-hydrogen) atoms. The summed E-state index contributed by atoms with van der Waals surface area (Å²) in [4.78, 5) is 24.3. The molecular formula is C19H20N2O3. The second-order valence-corrected chi connectivity index (χ2v) is 6.50. The van der Waals surface area contributed by atoms with Gasteiger partial charge in [-0.15, -0.1) is 0 Å². The average Bonchev–Trinajstić information content (AvgIpc) is 2.81. The number of carbonyl (C=O) groups is 1. The second kappa shape index (κ2) is 5.67. The van der Waals surface area contributed by atoms with Crippen LogP contribution >= 0.6 is 0 Å². The summed E-state index contributed by atoms with van der Waals surface area (Å²) >= 11 is 0. The highest BCUT2D eigenvalue weighted by molar-refractivity contribution is 5.99. The van der Waals surface area contributed by atoms with Gasteiger partial charge in [-0.2, -0.15) is 0 Å². The number of aromatic nitrogens is 1. The third-order valence-electron chi connectivity index (χ3n) is 4.44. The SMILES string of the molecule is Cc1ccccc1C(C)(C)C(=O)Nc1ccc2c(c1)oc(=O)n2C. The minimum atomic E-state index is -0.683. The molecule has 0 fully saturated rings. The van der Waals surface area contributed by atoms with E-state index in [4.69, 9.17) is 4.42 Å². The fourth-order valence-corrected chi connectivity index (χ4v) is 2.90. The van der Waals surface area contributed by atoms with E-state index in [9.17, 15) is 9.59 Å². The smallest absolute Gasteiger partial charge is 0.408 e. The zero-order valence-corrected chi connectivity index (χ0v) is 14.2. The summed E-state index contributed by atoms with van der Waals surface area (Å²) in [5, 5.41) is 2.92. The van der Waals surface area contributed by atoms with Crippen molar-refractivity contribution < 1.29 is 9.21 Å². The number of aryl methyl sites for hydroxylation is 2. The topological polar surface area (TPSA) is 64.2 Å². The number of hydrogen-bond donors (Lipinski definition) is 1. The van der Waals surface area contributed by atoms with Gasteiger partial charge in [-0.3, -0.25) is 9.36 Å². The zero-order chi connectivity index (χ0) is 17.5. The highest BCUT2D eigenvalue weighted by Crippen LogP contribution is 2.28. The summed E-state index contributed by atoms with van der Waals surface area (Å²) in [5.74, 6) is -0.539. The molecule has 0 aliphatic carbocycles. The maximum atomic E-state index is 12.8. The Bertz CT molecular complexity index is 980.